The Morgan fingerprint density at radius 1 is 0.263 bits per heavy atom. The van der Waals surface area contributed by atoms with Gasteiger partial charge >= 0.3 is 17.9 Å². The molecule has 1 atom stereocenters. The monoisotopic (exact) mass is 1070 g/mol. The number of allylic oxidation sites excluding steroid dienone is 4. The zero-order chi connectivity index (χ0) is 55.0. The molecule has 0 N–H and O–H groups in total. The van der Waals surface area contributed by atoms with Crippen molar-refractivity contribution >= 4 is 17.9 Å². The molecule has 0 radical (unpaired) electrons. The van der Waals surface area contributed by atoms with E-state index in [1.807, 2.05) is 0 Å². The van der Waals surface area contributed by atoms with Gasteiger partial charge in [-0.3, -0.25) is 14.4 Å². The van der Waals surface area contributed by atoms with E-state index in [1.54, 1.807) is 0 Å². The minimum atomic E-state index is -0.764. The number of unbranched alkanes of at least 4 members (excludes halogenated alkanes) is 49. The van der Waals surface area contributed by atoms with Crippen molar-refractivity contribution in [3.63, 3.8) is 0 Å². The summed E-state index contributed by atoms with van der Waals surface area (Å²) in [7, 11) is 0. The standard InChI is InChI=1S/C70H132O6/c1-4-7-10-13-16-19-21-23-25-27-28-29-30-31-32-33-34-35-36-37-38-39-40-41-42-43-45-46-48-51-54-57-60-63-69(72)75-66-67(65-74-68(71)62-59-56-53-50-18-15-12-9-6-3)76-70(73)64-61-58-55-52-49-47-44-26-24-22-20-17-14-11-8-5-2/h21,23,27-28,67H,4-20,22,24-26,29-66H2,1-3H3/b23-21-,28-27-. The van der Waals surface area contributed by atoms with Gasteiger partial charge in [0, 0.05) is 19.3 Å². The molecule has 6 heteroatoms. The molecule has 6 nitrogen and oxygen atoms in total. The second-order valence-corrected chi connectivity index (χ2v) is 23.5. The summed E-state index contributed by atoms with van der Waals surface area (Å²) in [5, 5.41) is 0. The summed E-state index contributed by atoms with van der Waals surface area (Å²) in [5.74, 6) is -0.837. The van der Waals surface area contributed by atoms with Crippen LogP contribution in [0, 0.1) is 0 Å². The third-order valence-corrected chi connectivity index (χ3v) is 15.7. The Morgan fingerprint density at radius 2 is 0.474 bits per heavy atom. The van der Waals surface area contributed by atoms with Crippen molar-refractivity contribution in [2.45, 2.75) is 393 Å². The zero-order valence-corrected chi connectivity index (χ0v) is 51.6. The molecule has 0 aromatic carbocycles. The molecule has 448 valence electrons. The molecule has 0 rings (SSSR count). The number of ether oxygens (including phenoxy) is 3. The smallest absolute Gasteiger partial charge is 0.306 e. The summed E-state index contributed by atoms with van der Waals surface area (Å²) in [5.41, 5.74) is 0. The Morgan fingerprint density at radius 3 is 0.724 bits per heavy atom. The number of hydrogen-bond acceptors (Lipinski definition) is 6. The first-order valence-corrected chi connectivity index (χ1v) is 34.3. The molecule has 0 fully saturated rings. The van der Waals surface area contributed by atoms with Gasteiger partial charge in [-0.1, -0.05) is 340 Å². The van der Waals surface area contributed by atoms with Gasteiger partial charge in [-0.15, -0.1) is 0 Å². The largest absolute Gasteiger partial charge is 0.462 e. The highest BCUT2D eigenvalue weighted by Crippen LogP contribution is 2.18. The van der Waals surface area contributed by atoms with Crippen molar-refractivity contribution in [1.82, 2.24) is 0 Å². The molecule has 0 heterocycles. The van der Waals surface area contributed by atoms with Crippen LogP contribution in [-0.2, 0) is 28.6 Å². The summed E-state index contributed by atoms with van der Waals surface area (Å²) in [6, 6.07) is 0. The first kappa shape index (κ1) is 73.9. The lowest BCUT2D eigenvalue weighted by molar-refractivity contribution is -0.167. The summed E-state index contributed by atoms with van der Waals surface area (Å²) in [6.07, 6.45) is 79.4. The molecule has 1 unspecified atom stereocenters. The van der Waals surface area contributed by atoms with Gasteiger partial charge in [-0.2, -0.15) is 0 Å². The fourth-order valence-corrected chi connectivity index (χ4v) is 10.5. The molecule has 0 aliphatic rings. The van der Waals surface area contributed by atoms with Crippen molar-refractivity contribution in [2.24, 2.45) is 0 Å². The summed E-state index contributed by atoms with van der Waals surface area (Å²) < 4.78 is 16.9. The number of carbonyl (C=O) groups excluding carboxylic acids is 3. The van der Waals surface area contributed by atoms with E-state index in [4.69, 9.17) is 14.2 Å². The molecule has 76 heavy (non-hydrogen) atoms. The van der Waals surface area contributed by atoms with Crippen LogP contribution in [0.15, 0.2) is 24.3 Å². The second-order valence-electron chi connectivity index (χ2n) is 23.5. The van der Waals surface area contributed by atoms with E-state index in [2.05, 4.69) is 45.1 Å². The Hall–Kier alpha value is -2.11. The average molecular weight is 1070 g/mol. The third-order valence-electron chi connectivity index (χ3n) is 15.7. The predicted molar refractivity (Wildman–Crippen MR) is 330 cm³/mol. The molecule has 0 saturated heterocycles. The van der Waals surface area contributed by atoms with Gasteiger partial charge in [0.25, 0.3) is 0 Å². The first-order chi connectivity index (χ1) is 37.5. The normalized spacial score (nSPS) is 12.1. The number of carbonyl (C=O) groups is 3. The van der Waals surface area contributed by atoms with Crippen molar-refractivity contribution in [3.05, 3.63) is 24.3 Å². The van der Waals surface area contributed by atoms with Crippen LogP contribution in [0.5, 0.6) is 0 Å². The van der Waals surface area contributed by atoms with Crippen LogP contribution >= 0.6 is 0 Å². The van der Waals surface area contributed by atoms with E-state index in [1.165, 1.54) is 283 Å². The first-order valence-electron chi connectivity index (χ1n) is 34.3. The quantitative estimate of drug-likeness (QED) is 0.0261. The van der Waals surface area contributed by atoms with E-state index in [9.17, 15) is 14.4 Å². The summed E-state index contributed by atoms with van der Waals surface area (Å²) >= 11 is 0. The van der Waals surface area contributed by atoms with E-state index in [0.29, 0.717) is 19.3 Å². The maximum atomic E-state index is 12.9. The second kappa shape index (κ2) is 65.4. The van der Waals surface area contributed by atoms with Gasteiger partial charge in [0.2, 0.25) is 0 Å². The molecular formula is C70H132O6. The molecule has 0 spiro atoms. The minimum Gasteiger partial charge on any atom is -0.462 e. The van der Waals surface area contributed by atoms with Crippen LogP contribution in [0.25, 0.3) is 0 Å². The highest BCUT2D eigenvalue weighted by molar-refractivity contribution is 5.71. The maximum Gasteiger partial charge on any atom is 0.306 e. The molecule has 0 bridgehead atoms. The third kappa shape index (κ3) is 62.7. The van der Waals surface area contributed by atoms with Crippen LogP contribution in [0.4, 0.5) is 0 Å². The van der Waals surface area contributed by atoms with Gasteiger partial charge < -0.3 is 14.2 Å². The Labute approximate surface area is 474 Å². The fourth-order valence-electron chi connectivity index (χ4n) is 10.5. The molecule has 0 saturated carbocycles. The van der Waals surface area contributed by atoms with Crippen molar-refractivity contribution in [1.29, 1.82) is 0 Å². The molecule has 0 amide bonds. The fraction of sp³-hybridized carbons (Fsp3) is 0.900. The average Bonchev–Trinajstić information content (AvgIpc) is 3.42. The van der Waals surface area contributed by atoms with E-state index in [-0.39, 0.29) is 31.1 Å². The lowest BCUT2D eigenvalue weighted by Crippen LogP contribution is -2.30. The molecule has 0 aromatic heterocycles. The highest BCUT2D eigenvalue weighted by Gasteiger charge is 2.19. The Kier molecular flexibility index (Phi) is 63.6. The van der Waals surface area contributed by atoms with Crippen LogP contribution in [0.2, 0.25) is 0 Å². The van der Waals surface area contributed by atoms with E-state index in [0.717, 1.165) is 64.2 Å². The van der Waals surface area contributed by atoms with Crippen LogP contribution < -0.4 is 0 Å². The highest BCUT2D eigenvalue weighted by atomic mass is 16.6. The van der Waals surface area contributed by atoms with Crippen LogP contribution in [0.1, 0.15) is 387 Å². The number of esters is 3. The van der Waals surface area contributed by atoms with Gasteiger partial charge in [-0.05, 0) is 51.4 Å². The van der Waals surface area contributed by atoms with Gasteiger partial charge in [0.05, 0.1) is 0 Å². The molecule has 0 aliphatic heterocycles. The molecule has 0 aromatic rings. The van der Waals surface area contributed by atoms with Gasteiger partial charge in [-0.25, -0.2) is 0 Å². The van der Waals surface area contributed by atoms with Crippen LogP contribution in [0.3, 0.4) is 0 Å². The number of hydrogen-bond donors (Lipinski definition) is 0. The number of rotatable bonds is 64. The van der Waals surface area contributed by atoms with Crippen molar-refractivity contribution < 1.29 is 28.6 Å². The predicted octanol–water partition coefficient (Wildman–Crippen LogP) is 23.4. The van der Waals surface area contributed by atoms with E-state index >= 15 is 0 Å². The summed E-state index contributed by atoms with van der Waals surface area (Å²) in [4.78, 5) is 38.2. The summed E-state index contributed by atoms with van der Waals surface area (Å²) in [6.45, 7) is 6.68. The lowest BCUT2D eigenvalue weighted by atomic mass is 10.0. The Bertz CT molecular complexity index is 1230. The van der Waals surface area contributed by atoms with Crippen molar-refractivity contribution in [2.75, 3.05) is 13.2 Å². The van der Waals surface area contributed by atoms with Crippen LogP contribution in [-0.4, -0.2) is 37.2 Å². The van der Waals surface area contributed by atoms with Gasteiger partial charge in [0.1, 0.15) is 13.2 Å². The van der Waals surface area contributed by atoms with Crippen molar-refractivity contribution in [3.8, 4) is 0 Å². The van der Waals surface area contributed by atoms with Gasteiger partial charge in [0.15, 0.2) is 6.10 Å². The topological polar surface area (TPSA) is 78.9 Å². The maximum absolute atomic E-state index is 12.9. The van der Waals surface area contributed by atoms with E-state index < -0.39 is 6.10 Å². The molecule has 0 aliphatic carbocycles. The molecular weight excluding hydrogens is 937 g/mol. The lowest BCUT2D eigenvalue weighted by Gasteiger charge is -2.18. The SMILES string of the molecule is CCCCCCC/C=C\C/C=C\CCCCCCCCCCCCCCCCCCCCCCCC(=O)OCC(COC(=O)CCCCCCCCCCC)OC(=O)CCCCCCCCCCCCCCCCCC. The minimum absolute atomic E-state index is 0.0634. The zero-order valence-electron chi connectivity index (χ0n) is 51.6. The Balaban J connectivity index is 4.00.